The molecule has 2 N–H and O–H groups in total. The zero-order chi connectivity index (χ0) is 15.0. The predicted molar refractivity (Wildman–Crippen MR) is 82.9 cm³/mol. The maximum atomic E-state index is 13.8. The molecule has 3 aromatic carbocycles. The molecule has 0 aliphatic carbocycles. The second kappa shape index (κ2) is 5.02. The standard InChI is InChI=1S/C18H14FNO/c1-11-10-12(20)6-7-13(11)18(21)16-8-9-17(19)15-5-3-2-4-14(15)16/h2-10H,20H2,1H3. The van der Waals surface area contributed by atoms with Gasteiger partial charge in [0.2, 0.25) is 0 Å². The lowest BCUT2D eigenvalue weighted by Crippen LogP contribution is -2.05. The van der Waals surface area contributed by atoms with Gasteiger partial charge < -0.3 is 5.73 Å². The summed E-state index contributed by atoms with van der Waals surface area (Å²) in [4.78, 5) is 12.7. The largest absolute Gasteiger partial charge is 0.399 e. The van der Waals surface area contributed by atoms with Gasteiger partial charge in [0.25, 0.3) is 0 Å². The minimum Gasteiger partial charge on any atom is -0.399 e. The topological polar surface area (TPSA) is 43.1 Å². The van der Waals surface area contributed by atoms with E-state index in [1.165, 1.54) is 12.1 Å². The van der Waals surface area contributed by atoms with Crippen LogP contribution in [0.5, 0.6) is 0 Å². The molecule has 0 saturated heterocycles. The van der Waals surface area contributed by atoms with Gasteiger partial charge in [0.05, 0.1) is 0 Å². The van der Waals surface area contributed by atoms with E-state index in [9.17, 15) is 9.18 Å². The highest BCUT2D eigenvalue weighted by atomic mass is 19.1. The lowest BCUT2D eigenvalue weighted by Gasteiger charge is -2.09. The highest BCUT2D eigenvalue weighted by Gasteiger charge is 2.16. The van der Waals surface area contributed by atoms with E-state index in [2.05, 4.69) is 0 Å². The average molecular weight is 279 g/mol. The molecule has 0 aliphatic rings. The van der Waals surface area contributed by atoms with Crippen molar-refractivity contribution in [2.75, 3.05) is 5.73 Å². The summed E-state index contributed by atoms with van der Waals surface area (Å²) in [6.07, 6.45) is 0. The Labute approximate surface area is 122 Å². The number of rotatable bonds is 2. The van der Waals surface area contributed by atoms with E-state index in [1.807, 2.05) is 6.92 Å². The summed E-state index contributed by atoms with van der Waals surface area (Å²) >= 11 is 0. The van der Waals surface area contributed by atoms with Crippen LogP contribution in [0.4, 0.5) is 10.1 Å². The SMILES string of the molecule is Cc1cc(N)ccc1C(=O)c1ccc(F)c2ccccc12. The first-order valence-electron chi connectivity index (χ1n) is 6.66. The van der Waals surface area contributed by atoms with Crippen molar-refractivity contribution in [2.24, 2.45) is 0 Å². The number of fused-ring (bicyclic) bond motifs is 1. The number of carbonyl (C=O) groups excluding carboxylic acids is 1. The molecule has 0 spiro atoms. The van der Waals surface area contributed by atoms with Crippen LogP contribution in [0.1, 0.15) is 21.5 Å². The van der Waals surface area contributed by atoms with Gasteiger partial charge in [-0.15, -0.1) is 0 Å². The molecule has 0 aromatic heterocycles. The summed E-state index contributed by atoms with van der Waals surface area (Å²) in [5.41, 5.74) is 8.23. The zero-order valence-electron chi connectivity index (χ0n) is 11.6. The number of nitrogen functional groups attached to an aromatic ring is 1. The van der Waals surface area contributed by atoms with Crippen molar-refractivity contribution in [1.29, 1.82) is 0 Å². The van der Waals surface area contributed by atoms with Gasteiger partial charge in [-0.2, -0.15) is 0 Å². The quantitative estimate of drug-likeness (QED) is 0.567. The molecule has 0 amide bonds. The van der Waals surface area contributed by atoms with Crippen molar-refractivity contribution in [1.82, 2.24) is 0 Å². The highest BCUT2D eigenvalue weighted by Crippen LogP contribution is 2.25. The van der Waals surface area contributed by atoms with Gasteiger partial charge in [-0.05, 0) is 48.2 Å². The van der Waals surface area contributed by atoms with Crippen molar-refractivity contribution in [3.8, 4) is 0 Å². The molecule has 0 fully saturated rings. The van der Waals surface area contributed by atoms with Crippen LogP contribution in [0.2, 0.25) is 0 Å². The first-order valence-corrected chi connectivity index (χ1v) is 6.66. The van der Waals surface area contributed by atoms with Gasteiger partial charge in [-0.25, -0.2) is 4.39 Å². The number of nitrogens with two attached hydrogens (primary N) is 1. The van der Waals surface area contributed by atoms with E-state index in [0.717, 1.165) is 5.56 Å². The number of halogens is 1. The Morgan fingerprint density at radius 2 is 1.62 bits per heavy atom. The van der Waals surface area contributed by atoms with Crippen molar-refractivity contribution < 1.29 is 9.18 Å². The number of ketones is 1. The molecular weight excluding hydrogens is 265 g/mol. The number of carbonyl (C=O) groups is 1. The highest BCUT2D eigenvalue weighted by molar-refractivity contribution is 6.17. The summed E-state index contributed by atoms with van der Waals surface area (Å²) in [6, 6.07) is 15.0. The number of hydrogen-bond acceptors (Lipinski definition) is 2. The Balaban J connectivity index is 2.21. The molecule has 3 rings (SSSR count). The van der Waals surface area contributed by atoms with Gasteiger partial charge in [-0.1, -0.05) is 24.3 Å². The van der Waals surface area contributed by atoms with Gasteiger partial charge >= 0.3 is 0 Å². The van der Waals surface area contributed by atoms with Gasteiger partial charge in [-0.3, -0.25) is 4.79 Å². The van der Waals surface area contributed by atoms with Crippen molar-refractivity contribution in [2.45, 2.75) is 6.92 Å². The van der Waals surface area contributed by atoms with Crippen LogP contribution in [0.25, 0.3) is 10.8 Å². The van der Waals surface area contributed by atoms with Crippen LogP contribution in [0, 0.1) is 12.7 Å². The van der Waals surface area contributed by atoms with Crippen LogP contribution in [0.15, 0.2) is 54.6 Å². The smallest absolute Gasteiger partial charge is 0.193 e. The van der Waals surface area contributed by atoms with E-state index in [-0.39, 0.29) is 11.6 Å². The summed E-state index contributed by atoms with van der Waals surface area (Å²) in [6.45, 7) is 1.84. The molecule has 0 radical (unpaired) electrons. The summed E-state index contributed by atoms with van der Waals surface area (Å²) in [5.74, 6) is -0.445. The van der Waals surface area contributed by atoms with E-state index < -0.39 is 0 Å². The summed E-state index contributed by atoms with van der Waals surface area (Å²) in [5, 5.41) is 1.08. The number of aryl methyl sites for hydroxylation is 1. The summed E-state index contributed by atoms with van der Waals surface area (Å²) < 4.78 is 13.8. The molecule has 0 atom stereocenters. The Morgan fingerprint density at radius 1 is 0.952 bits per heavy atom. The molecule has 21 heavy (non-hydrogen) atoms. The third-order valence-corrected chi connectivity index (χ3v) is 3.61. The fraction of sp³-hybridized carbons (Fsp3) is 0.0556. The fourth-order valence-electron chi connectivity index (χ4n) is 2.55. The Hall–Kier alpha value is -2.68. The van der Waals surface area contributed by atoms with E-state index >= 15 is 0 Å². The molecule has 3 heteroatoms. The van der Waals surface area contributed by atoms with Crippen LogP contribution in [0.3, 0.4) is 0 Å². The molecular formula is C18H14FNO. The fourth-order valence-corrected chi connectivity index (χ4v) is 2.55. The second-order valence-corrected chi connectivity index (χ2v) is 5.04. The second-order valence-electron chi connectivity index (χ2n) is 5.04. The molecule has 3 aromatic rings. The van der Waals surface area contributed by atoms with Crippen LogP contribution in [-0.2, 0) is 0 Å². The van der Waals surface area contributed by atoms with E-state index in [4.69, 9.17) is 5.73 Å². The number of benzene rings is 3. The molecule has 0 aliphatic heterocycles. The van der Waals surface area contributed by atoms with E-state index in [1.54, 1.807) is 42.5 Å². The lowest BCUT2D eigenvalue weighted by atomic mass is 9.94. The minimum atomic E-state index is -0.323. The normalized spacial score (nSPS) is 10.8. The van der Waals surface area contributed by atoms with Crippen molar-refractivity contribution in [3.63, 3.8) is 0 Å². The Bertz CT molecular complexity index is 855. The number of hydrogen-bond donors (Lipinski definition) is 1. The van der Waals surface area contributed by atoms with E-state index in [0.29, 0.717) is 27.6 Å². The lowest BCUT2D eigenvalue weighted by molar-refractivity contribution is 0.103. The number of anilines is 1. The van der Waals surface area contributed by atoms with Crippen LogP contribution in [-0.4, -0.2) is 5.78 Å². The van der Waals surface area contributed by atoms with Crippen LogP contribution < -0.4 is 5.73 Å². The Morgan fingerprint density at radius 3 is 2.33 bits per heavy atom. The molecule has 0 heterocycles. The third-order valence-electron chi connectivity index (χ3n) is 3.61. The molecule has 2 nitrogen and oxygen atoms in total. The molecule has 0 saturated carbocycles. The molecule has 104 valence electrons. The van der Waals surface area contributed by atoms with Gasteiger partial charge in [0.15, 0.2) is 5.78 Å². The Kier molecular flexibility index (Phi) is 3.18. The van der Waals surface area contributed by atoms with Crippen molar-refractivity contribution in [3.05, 3.63) is 77.1 Å². The monoisotopic (exact) mass is 279 g/mol. The molecule has 0 unspecified atom stereocenters. The van der Waals surface area contributed by atoms with Crippen molar-refractivity contribution >= 4 is 22.2 Å². The minimum absolute atomic E-state index is 0.122. The average Bonchev–Trinajstić information content (AvgIpc) is 2.47. The maximum Gasteiger partial charge on any atom is 0.193 e. The molecule has 0 bridgehead atoms. The zero-order valence-corrected chi connectivity index (χ0v) is 11.6. The van der Waals surface area contributed by atoms with Gasteiger partial charge in [0, 0.05) is 22.2 Å². The first-order chi connectivity index (χ1) is 10.1. The summed E-state index contributed by atoms with van der Waals surface area (Å²) in [7, 11) is 0. The van der Waals surface area contributed by atoms with Crippen LogP contribution >= 0.6 is 0 Å². The third kappa shape index (κ3) is 2.27. The van der Waals surface area contributed by atoms with Gasteiger partial charge in [0.1, 0.15) is 5.82 Å². The maximum absolute atomic E-state index is 13.8. The predicted octanol–water partition coefficient (Wildman–Crippen LogP) is 4.10. The first kappa shape index (κ1) is 13.3.